The molecule has 2 atom stereocenters. The average Bonchev–Trinajstić information content (AvgIpc) is 2.31. The molecule has 88 valence electrons. The van der Waals surface area contributed by atoms with Crippen LogP contribution in [0.3, 0.4) is 0 Å². The lowest BCUT2D eigenvalue weighted by atomic mass is 10.4. The Morgan fingerprint density at radius 2 is 2.00 bits per heavy atom. The third-order valence-electron chi connectivity index (χ3n) is 2.49. The summed E-state index contributed by atoms with van der Waals surface area (Å²) in [7, 11) is 0. The maximum absolute atomic E-state index is 13.5. The molecule has 0 aromatic carbocycles. The van der Waals surface area contributed by atoms with Crippen LogP contribution in [-0.4, -0.2) is 54.6 Å². The van der Waals surface area contributed by atoms with E-state index in [9.17, 15) is 18.0 Å². The Hall–Kier alpha value is -0.780. The quantitative estimate of drug-likeness (QED) is 0.656. The van der Waals surface area contributed by atoms with Crippen LogP contribution in [0.15, 0.2) is 0 Å². The van der Waals surface area contributed by atoms with E-state index < -0.39 is 25.2 Å². The van der Waals surface area contributed by atoms with Crippen molar-refractivity contribution in [1.29, 1.82) is 0 Å². The molecule has 3 nitrogen and oxygen atoms in total. The zero-order chi connectivity index (χ0) is 11.4. The Bertz CT molecular complexity index is 227. The van der Waals surface area contributed by atoms with Crippen LogP contribution < -0.4 is 0 Å². The summed E-state index contributed by atoms with van der Waals surface area (Å²) in [5.74, 6) is -0.493. The van der Waals surface area contributed by atoms with Crippen LogP contribution in [0.4, 0.5) is 13.2 Å². The molecule has 1 aliphatic heterocycles. The van der Waals surface area contributed by atoms with E-state index in [1.165, 1.54) is 6.92 Å². The van der Waals surface area contributed by atoms with Crippen LogP contribution in [0.1, 0.15) is 13.3 Å². The van der Waals surface area contributed by atoms with Gasteiger partial charge in [0.2, 0.25) is 18.5 Å². The summed E-state index contributed by atoms with van der Waals surface area (Å²) in [5.41, 5.74) is 0. The van der Waals surface area contributed by atoms with E-state index in [1.54, 1.807) is 0 Å². The Labute approximate surface area is 86.8 Å². The van der Waals surface area contributed by atoms with Crippen molar-refractivity contribution in [1.82, 2.24) is 9.80 Å². The van der Waals surface area contributed by atoms with Gasteiger partial charge in [0.05, 0.1) is 0 Å². The molecule has 0 saturated carbocycles. The number of carbonyl (C=O) groups is 1. The van der Waals surface area contributed by atoms with Crippen molar-refractivity contribution >= 4 is 5.91 Å². The molecule has 0 aromatic heterocycles. The van der Waals surface area contributed by atoms with E-state index in [-0.39, 0.29) is 19.6 Å². The summed E-state index contributed by atoms with van der Waals surface area (Å²) < 4.78 is 39.0. The third kappa shape index (κ3) is 2.84. The number of hydrogen-bond donors (Lipinski definition) is 0. The molecule has 0 N–H and O–H groups in total. The van der Waals surface area contributed by atoms with Gasteiger partial charge in [-0.05, 0) is 6.42 Å². The van der Waals surface area contributed by atoms with Gasteiger partial charge in [0.1, 0.15) is 6.67 Å². The maximum atomic E-state index is 13.5. The normalized spacial score (nSPS) is 28.9. The minimum Gasteiger partial charge on any atom is -0.309 e. The summed E-state index contributed by atoms with van der Waals surface area (Å²) in [5, 5.41) is 0. The number of alkyl halides is 3. The second-order valence-corrected chi connectivity index (χ2v) is 3.54. The zero-order valence-corrected chi connectivity index (χ0v) is 8.63. The predicted octanol–water partition coefficient (Wildman–Crippen LogP) is 1.10. The lowest BCUT2D eigenvalue weighted by Crippen LogP contribution is -2.46. The van der Waals surface area contributed by atoms with Gasteiger partial charge >= 0.3 is 0 Å². The summed E-state index contributed by atoms with van der Waals surface area (Å²) in [6.45, 7) is 0.805. The molecule has 2 unspecified atom stereocenters. The molecule has 1 saturated heterocycles. The van der Waals surface area contributed by atoms with Crippen molar-refractivity contribution in [3.63, 3.8) is 0 Å². The Morgan fingerprint density at radius 1 is 1.33 bits per heavy atom. The molecule has 6 heteroatoms. The minimum absolute atomic E-state index is 0.132. The first-order chi connectivity index (χ1) is 7.07. The number of hydrogen-bond acceptors (Lipinski definition) is 2. The van der Waals surface area contributed by atoms with Crippen molar-refractivity contribution in [3.05, 3.63) is 0 Å². The molecule has 0 aromatic rings. The van der Waals surface area contributed by atoms with Gasteiger partial charge in [0.15, 0.2) is 0 Å². The van der Waals surface area contributed by atoms with Crippen molar-refractivity contribution in [2.24, 2.45) is 0 Å². The van der Waals surface area contributed by atoms with Crippen molar-refractivity contribution < 1.29 is 18.0 Å². The van der Waals surface area contributed by atoms with Crippen molar-refractivity contribution in [2.75, 3.05) is 26.3 Å². The van der Waals surface area contributed by atoms with Gasteiger partial charge in [-0.2, -0.15) is 0 Å². The number of rotatable bonds is 2. The second kappa shape index (κ2) is 5.34. The molecule has 1 amide bonds. The Morgan fingerprint density at radius 3 is 2.53 bits per heavy atom. The maximum Gasteiger partial charge on any atom is 0.221 e. The molecule has 0 aliphatic carbocycles. The van der Waals surface area contributed by atoms with Crippen LogP contribution in [0, 0.1) is 0 Å². The number of nitrogens with zero attached hydrogens (tertiary/aromatic N) is 2. The van der Waals surface area contributed by atoms with Gasteiger partial charge in [-0.3, -0.25) is 9.69 Å². The topological polar surface area (TPSA) is 23.6 Å². The van der Waals surface area contributed by atoms with E-state index in [4.69, 9.17) is 0 Å². The number of halogens is 3. The monoisotopic (exact) mass is 224 g/mol. The number of carbonyl (C=O) groups excluding carboxylic acids is 1. The molecule has 15 heavy (non-hydrogen) atoms. The van der Waals surface area contributed by atoms with Crippen LogP contribution in [0.5, 0.6) is 0 Å². The van der Waals surface area contributed by atoms with Crippen LogP contribution in [0.2, 0.25) is 0 Å². The average molecular weight is 224 g/mol. The molecule has 1 fully saturated rings. The fraction of sp³-hybridized carbons (Fsp3) is 0.889. The van der Waals surface area contributed by atoms with Crippen molar-refractivity contribution in [2.45, 2.75) is 25.9 Å². The first-order valence-electron chi connectivity index (χ1n) is 4.93. The second-order valence-electron chi connectivity index (χ2n) is 3.54. The molecule has 1 heterocycles. The standard InChI is InChI=1S/C9H15F3N2O/c1-7(15)14-5-2-4-13(6-3-10)8(11)9(14)12/h8-9H,2-6H2,1H3. The van der Waals surface area contributed by atoms with Crippen LogP contribution in [0.25, 0.3) is 0 Å². The van der Waals surface area contributed by atoms with Crippen LogP contribution >= 0.6 is 0 Å². The lowest BCUT2D eigenvalue weighted by molar-refractivity contribution is -0.140. The Kier molecular flexibility index (Phi) is 4.38. The molecule has 0 radical (unpaired) electrons. The van der Waals surface area contributed by atoms with Gasteiger partial charge in [-0.25, -0.2) is 13.2 Å². The van der Waals surface area contributed by atoms with Gasteiger partial charge in [0, 0.05) is 26.6 Å². The minimum atomic E-state index is -1.99. The first kappa shape index (κ1) is 12.3. The molecule has 1 aliphatic rings. The van der Waals surface area contributed by atoms with E-state index in [0.717, 1.165) is 9.80 Å². The fourth-order valence-electron chi connectivity index (χ4n) is 1.69. The number of amides is 1. The zero-order valence-electron chi connectivity index (χ0n) is 8.63. The predicted molar refractivity (Wildman–Crippen MR) is 49.3 cm³/mol. The summed E-state index contributed by atoms with van der Waals surface area (Å²) in [4.78, 5) is 12.9. The molecular weight excluding hydrogens is 209 g/mol. The van der Waals surface area contributed by atoms with Gasteiger partial charge in [-0.15, -0.1) is 0 Å². The highest BCUT2D eigenvalue weighted by atomic mass is 19.2. The first-order valence-corrected chi connectivity index (χ1v) is 4.93. The SMILES string of the molecule is CC(=O)N1CCCN(CCF)C(F)C1F. The summed E-state index contributed by atoms with van der Waals surface area (Å²) in [6, 6.07) is 0. The van der Waals surface area contributed by atoms with E-state index >= 15 is 0 Å². The van der Waals surface area contributed by atoms with Gasteiger partial charge in [-0.1, -0.05) is 0 Å². The highest BCUT2D eigenvalue weighted by Crippen LogP contribution is 2.19. The van der Waals surface area contributed by atoms with Gasteiger partial charge < -0.3 is 4.90 Å². The largest absolute Gasteiger partial charge is 0.309 e. The van der Waals surface area contributed by atoms with Crippen LogP contribution in [-0.2, 0) is 4.79 Å². The Balaban J connectivity index is 2.69. The molecular formula is C9H15F3N2O. The van der Waals surface area contributed by atoms with E-state index in [0.29, 0.717) is 6.42 Å². The van der Waals surface area contributed by atoms with Crippen molar-refractivity contribution in [3.8, 4) is 0 Å². The highest BCUT2D eigenvalue weighted by Gasteiger charge is 2.35. The summed E-state index contributed by atoms with van der Waals surface area (Å²) in [6.07, 6.45) is -3.45. The third-order valence-corrected chi connectivity index (χ3v) is 2.49. The van der Waals surface area contributed by atoms with Gasteiger partial charge in [0.25, 0.3) is 0 Å². The highest BCUT2D eigenvalue weighted by molar-refractivity contribution is 5.73. The lowest BCUT2D eigenvalue weighted by Gasteiger charge is -2.28. The molecule has 0 bridgehead atoms. The molecule has 0 spiro atoms. The fourth-order valence-corrected chi connectivity index (χ4v) is 1.69. The smallest absolute Gasteiger partial charge is 0.221 e. The summed E-state index contributed by atoms with van der Waals surface area (Å²) >= 11 is 0. The van der Waals surface area contributed by atoms with E-state index in [2.05, 4.69) is 0 Å². The van der Waals surface area contributed by atoms with E-state index in [1.807, 2.05) is 0 Å². The molecule has 1 rings (SSSR count).